The number of benzene rings is 1. The molecule has 136 valence electrons. The molecule has 0 aromatic heterocycles. The minimum Gasteiger partial charge on any atom is -0.489 e. The molecule has 0 spiro atoms. The van der Waals surface area contributed by atoms with E-state index in [0.717, 1.165) is 47.9 Å². The molecule has 1 aromatic carbocycles. The Labute approximate surface area is 152 Å². The van der Waals surface area contributed by atoms with E-state index >= 15 is 0 Å². The fourth-order valence-corrected chi connectivity index (χ4v) is 4.53. The number of ether oxygens (including phenoxy) is 1. The number of carbonyl (C=O) groups is 2. The van der Waals surface area contributed by atoms with E-state index in [4.69, 9.17) is 4.74 Å². The molecule has 7 nitrogen and oxygen atoms in total. The Kier molecular flexibility index (Phi) is 3.46. The van der Waals surface area contributed by atoms with Crippen LogP contribution < -0.4 is 20.3 Å². The number of rotatable bonds is 1. The third-order valence-corrected chi connectivity index (χ3v) is 5.89. The molecule has 2 fully saturated rings. The van der Waals surface area contributed by atoms with E-state index in [1.807, 2.05) is 4.90 Å². The van der Waals surface area contributed by atoms with E-state index in [9.17, 15) is 9.59 Å². The quantitative estimate of drug-likeness (QED) is 0.714. The third kappa shape index (κ3) is 2.23. The van der Waals surface area contributed by atoms with Gasteiger partial charge < -0.3 is 19.9 Å². The normalized spacial score (nSPS) is 27.5. The number of piperidine rings is 1. The van der Waals surface area contributed by atoms with E-state index in [2.05, 4.69) is 34.2 Å². The zero-order chi connectivity index (χ0) is 17.8. The number of nitrogens with one attached hydrogen (secondary N) is 2. The molecule has 7 heteroatoms. The molecule has 0 bridgehead atoms. The molecule has 2 atom stereocenters. The van der Waals surface area contributed by atoms with Crippen molar-refractivity contribution in [2.24, 2.45) is 0 Å². The molecule has 26 heavy (non-hydrogen) atoms. The Morgan fingerprint density at radius 3 is 2.96 bits per heavy atom. The molecule has 2 unspecified atom stereocenters. The minimum atomic E-state index is -0.348. The standard InChI is InChI=1S/C19H22N4O3/c1-11-13-2-3-15-18(26-10-12-8-20-6-7-22(12)15)14(13)9-23(11)16-4-5-17(24)21-19(16)25/h2-3,12,16,20H,1,4-10H2,(H,21,24,25). The molecular formula is C19H22N4O3. The number of nitrogens with zero attached hydrogens (tertiary/aromatic N) is 2. The van der Waals surface area contributed by atoms with Crippen LogP contribution in [0.5, 0.6) is 5.75 Å². The number of amides is 2. The van der Waals surface area contributed by atoms with Gasteiger partial charge in [-0.15, -0.1) is 0 Å². The lowest BCUT2D eigenvalue weighted by Gasteiger charge is -2.42. The van der Waals surface area contributed by atoms with Crippen LogP contribution in [0, 0.1) is 0 Å². The maximum absolute atomic E-state index is 12.3. The van der Waals surface area contributed by atoms with Gasteiger partial charge in [0, 0.05) is 49.4 Å². The summed E-state index contributed by atoms with van der Waals surface area (Å²) in [7, 11) is 0. The monoisotopic (exact) mass is 354 g/mol. The van der Waals surface area contributed by atoms with E-state index in [-0.39, 0.29) is 17.9 Å². The van der Waals surface area contributed by atoms with Crippen LogP contribution in [0.4, 0.5) is 5.69 Å². The Morgan fingerprint density at radius 2 is 2.12 bits per heavy atom. The van der Waals surface area contributed by atoms with Crippen LogP contribution >= 0.6 is 0 Å². The topological polar surface area (TPSA) is 73.9 Å². The van der Waals surface area contributed by atoms with Gasteiger partial charge in [-0.3, -0.25) is 14.9 Å². The molecule has 2 saturated heterocycles. The van der Waals surface area contributed by atoms with Crippen molar-refractivity contribution in [2.45, 2.75) is 31.5 Å². The summed E-state index contributed by atoms with van der Waals surface area (Å²) in [6.45, 7) is 8.36. The average molecular weight is 354 g/mol. The second-order valence-corrected chi connectivity index (χ2v) is 7.34. The summed E-state index contributed by atoms with van der Waals surface area (Å²) in [5, 5.41) is 5.86. The Hall–Kier alpha value is -2.54. The summed E-state index contributed by atoms with van der Waals surface area (Å²) in [6.07, 6.45) is 0.897. The highest BCUT2D eigenvalue weighted by molar-refractivity contribution is 6.01. The average Bonchev–Trinajstić information content (AvgIpc) is 2.98. The van der Waals surface area contributed by atoms with Crippen molar-refractivity contribution in [2.75, 3.05) is 31.1 Å². The first-order valence-electron chi connectivity index (χ1n) is 9.19. The molecule has 0 saturated carbocycles. The van der Waals surface area contributed by atoms with Gasteiger partial charge in [-0.05, 0) is 12.5 Å². The van der Waals surface area contributed by atoms with Crippen molar-refractivity contribution in [1.29, 1.82) is 0 Å². The molecule has 1 aromatic rings. The zero-order valence-corrected chi connectivity index (χ0v) is 14.6. The summed E-state index contributed by atoms with van der Waals surface area (Å²) in [5.74, 6) is 0.503. The second-order valence-electron chi connectivity index (χ2n) is 7.34. The third-order valence-electron chi connectivity index (χ3n) is 5.89. The number of piperazine rings is 1. The highest BCUT2D eigenvalue weighted by atomic mass is 16.5. The van der Waals surface area contributed by atoms with Gasteiger partial charge in [-0.2, -0.15) is 0 Å². The van der Waals surface area contributed by atoms with Gasteiger partial charge in [-0.25, -0.2) is 0 Å². The first-order chi connectivity index (χ1) is 12.6. The van der Waals surface area contributed by atoms with Crippen LogP contribution in [0.25, 0.3) is 5.70 Å². The van der Waals surface area contributed by atoms with Gasteiger partial charge >= 0.3 is 0 Å². The number of hydrogen-bond acceptors (Lipinski definition) is 6. The van der Waals surface area contributed by atoms with Crippen LogP contribution in [-0.2, 0) is 16.1 Å². The summed E-state index contributed by atoms with van der Waals surface area (Å²) < 4.78 is 6.16. The number of carbonyl (C=O) groups excluding carboxylic acids is 2. The molecule has 5 rings (SSSR count). The fourth-order valence-electron chi connectivity index (χ4n) is 4.53. The van der Waals surface area contributed by atoms with Crippen molar-refractivity contribution in [3.63, 3.8) is 0 Å². The van der Waals surface area contributed by atoms with Gasteiger partial charge in [0.2, 0.25) is 11.8 Å². The Balaban J connectivity index is 1.48. The summed E-state index contributed by atoms with van der Waals surface area (Å²) in [5.41, 5.74) is 4.12. The smallest absolute Gasteiger partial charge is 0.249 e. The summed E-state index contributed by atoms with van der Waals surface area (Å²) in [4.78, 5) is 28.2. The van der Waals surface area contributed by atoms with Crippen LogP contribution in [0.2, 0.25) is 0 Å². The van der Waals surface area contributed by atoms with Gasteiger partial charge in [0.05, 0.1) is 11.7 Å². The Bertz CT molecular complexity index is 821. The largest absolute Gasteiger partial charge is 0.489 e. The van der Waals surface area contributed by atoms with Crippen molar-refractivity contribution in [3.05, 3.63) is 29.8 Å². The van der Waals surface area contributed by atoms with Crippen molar-refractivity contribution >= 4 is 23.2 Å². The second kappa shape index (κ2) is 5.74. The van der Waals surface area contributed by atoms with Crippen LogP contribution in [-0.4, -0.2) is 55.0 Å². The molecule has 0 radical (unpaired) electrons. The Morgan fingerprint density at radius 1 is 1.23 bits per heavy atom. The zero-order valence-electron chi connectivity index (χ0n) is 14.6. The first kappa shape index (κ1) is 15.7. The minimum absolute atomic E-state index is 0.195. The maximum atomic E-state index is 12.3. The maximum Gasteiger partial charge on any atom is 0.249 e. The summed E-state index contributed by atoms with van der Waals surface area (Å²) >= 11 is 0. The lowest BCUT2D eigenvalue weighted by molar-refractivity contribution is -0.136. The molecule has 4 aliphatic heterocycles. The first-order valence-corrected chi connectivity index (χ1v) is 9.19. The predicted molar refractivity (Wildman–Crippen MR) is 96.7 cm³/mol. The van der Waals surface area contributed by atoms with Crippen molar-refractivity contribution in [3.8, 4) is 5.75 Å². The molecule has 4 heterocycles. The molecule has 2 amide bonds. The van der Waals surface area contributed by atoms with Crippen molar-refractivity contribution in [1.82, 2.24) is 15.5 Å². The highest BCUT2D eigenvalue weighted by Gasteiger charge is 2.39. The molecule has 0 aliphatic carbocycles. The number of hydrogen-bond donors (Lipinski definition) is 2. The molecular weight excluding hydrogens is 332 g/mol. The summed E-state index contributed by atoms with van der Waals surface area (Å²) in [6, 6.07) is 4.23. The van der Waals surface area contributed by atoms with E-state index in [1.54, 1.807) is 0 Å². The molecule has 4 aliphatic rings. The van der Waals surface area contributed by atoms with Gasteiger partial charge in [-0.1, -0.05) is 12.6 Å². The number of imide groups is 1. The van der Waals surface area contributed by atoms with Crippen LogP contribution in [0.15, 0.2) is 18.7 Å². The number of fused-ring (bicyclic) bond motifs is 5. The van der Waals surface area contributed by atoms with Crippen molar-refractivity contribution < 1.29 is 14.3 Å². The lowest BCUT2D eigenvalue weighted by Crippen LogP contribution is -2.55. The highest BCUT2D eigenvalue weighted by Crippen LogP contribution is 2.46. The van der Waals surface area contributed by atoms with E-state index < -0.39 is 0 Å². The number of anilines is 1. The van der Waals surface area contributed by atoms with Crippen LogP contribution in [0.3, 0.4) is 0 Å². The SMILES string of the molecule is C=C1c2ccc3c(c2CN1C1CCC(=O)NC1=O)OCC1CNCCN31. The van der Waals surface area contributed by atoms with E-state index in [1.165, 1.54) is 0 Å². The van der Waals surface area contributed by atoms with Gasteiger partial charge in [0.25, 0.3) is 0 Å². The van der Waals surface area contributed by atoms with Crippen LogP contribution in [0.1, 0.15) is 24.0 Å². The van der Waals surface area contributed by atoms with Gasteiger partial charge in [0.15, 0.2) is 0 Å². The molecule has 2 N–H and O–H groups in total. The predicted octanol–water partition coefficient (Wildman–Crippen LogP) is 0.449. The van der Waals surface area contributed by atoms with Gasteiger partial charge in [0.1, 0.15) is 18.4 Å². The lowest BCUT2D eigenvalue weighted by atomic mass is 10.0. The van der Waals surface area contributed by atoms with E-state index in [0.29, 0.717) is 32.0 Å². The fraction of sp³-hybridized carbons (Fsp3) is 0.474.